The number of likely N-dealkylation sites (tertiary alicyclic amines) is 1. The zero-order chi connectivity index (χ0) is 34.7. The van der Waals surface area contributed by atoms with E-state index in [-0.39, 0.29) is 23.4 Å². The fraction of sp³-hybridized carbons (Fsp3) is 0.190. The third-order valence-corrected chi connectivity index (χ3v) is 10.6. The smallest absolute Gasteiger partial charge is 0.340 e. The zero-order valence-electron chi connectivity index (χ0n) is 27.7. The first-order valence-corrected chi connectivity index (χ1v) is 17.3. The number of benzene rings is 5. The quantitative estimate of drug-likeness (QED) is 0.166. The van der Waals surface area contributed by atoms with Crippen molar-refractivity contribution in [2.24, 2.45) is 5.92 Å². The number of amides is 2. The highest BCUT2D eigenvalue weighted by Crippen LogP contribution is 2.58. The third kappa shape index (κ3) is 5.03. The van der Waals surface area contributed by atoms with Gasteiger partial charge in [-0.25, -0.2) is 9.59 Å². The van der Waals surface area contributed by atoms with Crippen molar-refractivity contribution < 1.29 is 29.3 Å². The molecule has 0 aromatic heterocycles. The summed E-state index contributed by atoms with van der Waals surface area (Å²) in [6.07, 6.45) is 5.81. The normalized spacial score (nSPS) is 18.8. The molecule has 4 heterocycles. The molecule has 5 aromatic rings. The number of carbonyl (C=O) groups excluding carboxylic acids is 2. The second-order valence-corrected chi connectivity index (χ2v) is 13.5. The Bertz CT molecular complexity index is 2210. The average molecular weight is 678 g/mol. The van der Waals surface area contributed by atoms with Crippen LogP contribution in [0.25, 0.3) is 12.2 Å². The SMILES string of the molecule is O=C1OC2(c3ccc(O)cc3Oc3c2ccc(O)c3CN2CCC(CNC(=O)N3c4ccccc4C=Cc4ccccc43)CC2)c2ccccc21. The summed E-state index contributed by atoms with van der Waals surface area (Å²) in [5.41, 5.74) is 5.32. The lowest BCUT2D eigenvalue weighted by Crippen LogP contribution is -2.42. The number of esters is 1. The van der Waals surface area contributed by atoms with E-state index in [0.29, 0.717) is 52.4 Å². The summed E-state index contributed by atoms with van der Waals surface area (Å²) in [4.78, 5) is 31.1. The van der Waals surface area contributed by atoms with E-state index in [9.17, 15) is 19.8 Å². The molecule has 0 radical (unpaired) electrons. The summed E-state index contributed by atoms with van der Waals surface area (Å²) >= 11 is 0. The predicted octanol–water partition coefficient (Wildman–Crippen LogP) is 7.91. The molecule has 3 N–H and O–H groups in total. The lowest BCUT2D eigenvalue weighted by Gasteiger charge is -2.38. The number of carbonyl (C=O) groups is 2. The van der Waals surface area contributed by atoms with Crippen LogP contribution < -0.4 is 15.0 Å². The Balaban J connectivity index is 0.936. The topological polar surface area (TPSA) is 112 Å². The second kappa shape index (κ2) is 12.1. The summed E-state index contributed by atoms with van der Waals surface area (Å²) in [7, 11) is 0. The van der Waals surface area contributed by atoms with Gasteiger partial charge in [0.05, 0.1) is 22.5 Å². The Hall–Kier alpha value is -6.06. The van der Waals surface area contributed by atoms with Gasteiger partial charge in [0.1, 0.15) is 23.0 Å². The Morgan fingerprint density at radius 3 is 2.22 bits per heavy atom. The highest BCUT2D eigenvalue weighted by molar-refractivity contribution is 6.05. The first-order chi connectivity index (χ1) is 24.9. The number of fused-ring (bicyclic) bond motifs is 8. The first kappa shape index (κ1) is 31.0. The van der Waals surface area contributed by atoms with Gasteiger partial charge in [-0.3, -0.25) is 9.80 Å². The van der Waals surface area contributed by atoms with Gasteiger partial charge >= 0.3 is 12.0 Å². The maximum Gasteiger partial charge on any atom is 0.340 e. The minimum absolute atomic E-state index is 0.0155. The zero-order valence-corrected chi connectivity index (χ0v) is 27.7. The van der Waals surface area contributed by atoms with Gasteiger partial charge in [0, 0.05) is 35.8 Å². The van der Waals surface area contributed by atoms with Crippen molar-refractivity contribution in [3.05, 3.63) is 142 Å². The molecular weight excluding hydrogens is 642 g/mol. The highest BCUT2D eigenvalue weighted by atomic mass is 16.6. The number of para-hydroxylation sites is 2. The number of hydrogen-bond donors (Lipinski definition) is 3. The van der Waals surface area contributed by atoms with Gasteiger partial charge in [0.2, 0.25) is 0 Å². The number of nitrogens with zero attached hydrogens (tertiary/aromatic N) is 2. The van der Waals surface area contributed by atoms with Gasteiger partial charge in [-0.05, 0) is 85.4 Å². The van der Waals surface area contributed by atoms with E-state index in [1.807, 2.05) is 72.8 Å². The van der Waals surface area contributed by atoms with Crippen LogP contribution in [0, 0.1) is 5.92 Å². The van der Waals surface area contributed by atoms with Crippen LogP contribution in [0.15, 0.2) is 103 Å². The van der Waals surface area contributed by atoms with Crippen molar-refractivity contribution >= 4 is 35.5 Å². The van der Waals surface area contributed by atoms with Crippen molar-refractivity contribution in [3.63, 3.8) is 0 Å². The number of ether oxygens (including phenoxy) is 2. The van der Waals surface area contributed by atoms with Crippen molar-refractivity contribution in [2.75, 3.05) is 24.5 Å². The lowest BCUT2D eigenvalue weighted by atomic mass is 9.77. The molecule has 4 aliphatic heterocycles. The maximum atomic E-state index is 13.8. The van der Waals surface area contributed by atoms with E-state index in [1.165, 1.54) is 6.07 Å². The molecule has 51 heavy (non-hydrogen) atoms. The van der Waals surface area contributed by atoms with E-state index in [1.54, 1.807) is 41.3 Å². The number of rotatable bonds is 4. The van der Waals surface area contributed by atoms with Crippen LogP contribution in [-0.4, -0.2) is 46.7 Å². The van der Waals surface area contributed by atoms with E-state index >= 15 is 0 Å². The van der Waals surface area contributed by atoms with Crippen molar-refractivity contribution in [1.82, 2.24) is 10.2 Å². The van der Waals surface area contributed by atoms with Gasteiger partial charge < -0.3 is 25.0 Å². The van der Waals surface area contributed by atoms with Crippen LogP contribution in [0.1, 0.15) is 56.6 Å². The number of nitrogens with one attached hydrogen (secondary N) is 1. The number of hydrogen-bond acceptors (Lipinski definition) is 7. The summed E-state index contributed by atoms with van der Waals surface area (Å²) in [6.45, 7) is 2.46. The van der Waals surface area contributed by atoms with Crippen LogP contribution in [0.5, 0.6) is 23.0 Å². The number of phenolic OH excluding ortho intramolecular Hbond substituents is 2. The standard InChI is InChI=1S/C42H35N3O6/c46-29-15-16-33-38(23-29)50-39-31(37(47)18-17-34(39)42(33)32-10-4-3-9-30(32)40(48)51-42)25-44-21-19-26(20-22-44)24-43-41(49)45-35-11-5-1-7-27(35)13-14-28-8-2-6-12-36(28)45/h1-18,23,26,46-47H,19-22,24-25H2,(H,43,49). The van der Waals surface area contributed by atoms with E-state index in [4.69, 9.17) is 9.47 Å². The minimum Gasteiger partial charge on any atom is -0.508 e. The maximum absolute atomic E-state index is 13.8. The van der Waals surface area contributed by atoms with E-state index in [0.717, 1.165) is 48.4 Å². The van der Waals surface area contributed by atoms with Gasteiger partial charge in [-0.1, -0.05) is 66.7 Å². The largest absolute Gasteiger partial charge is 0.508 e. The molecule has 1 saturated heterocycles. The molecule has 5 aromatic carbocycles. The molecule has 4 aliphatic rings. The summed E-state index contributed by atoms with van der Waals surface area (Å²) in [5, 5.41) is 24.9. The van der Waals surface area contributed by atoms with Gasteiger partial charge in [-0.15, -0.1) is 0 Å². The van der Waals surface area contributed by atoms with Crippen LogP contribution in [0.4, 0.5) is 16.2 Å². The van der Waals surface area contributed by atoms with Crippen LogP contribution in [0.3, 0.4) is 0 Å². The highest BCUT2D eigenvalue weighted by Gasteiger charge is 2.54. The molecule has 1 fully saturated rings. The number of anilines is 2. The summed E-state index contributed by atoms with van der Waals surface area (Å²) in [5.74, 6) is 0.706. The minimum atomic E-state index is -1.29. The number of aromatic hydroxyl groups is 2. The van der Waals surface area contributed by atoms with Crippen LogP contribution in [0.2, 0.25) is 0 Å². The predicted molar refractivity (Wildman–Crippen MR) is 193 cm³/mol. The molecule has 2 amide bonds. The Morgan fingerprint density at radius 1 is 0.804 bits per heavy atom. The van der Waals surface area contributed by atoms with Crippen molar-refractivity contribution in [1.29, 1.82) is 0 Å². The molecule has 0 aliphatic carbocycles. The Labute approximate surface area is 295 Å². The first-order valence-electron chi connectivity index (χ1n) is 17.3. The fourth-order valence-corrected chi connectivity index (χ4v) is 8.00. The van der Waals surface area contributed by atoms with E-state index < -0.39 is 11.6 Å². The van der Waals surface area contributed by atoms with E-state index in [2.05, 4.69) is 10.2 Å². The molecule has 9 rings (SSSR count). The van der Waals surface area contributed by atoms with Crippen LogP contribution >= 0.6 is 0 Å². The third-order valence-electron chi connectivity index (χ3n) is 10.6. The number of phenols is 2. The fourth-order valence-electron chi connectivity index (χ4n) is 8.00. The molecule has 9 heteroatoms. The Kier molecular flexibility index (Phi) is 7.32. The summed E-state index contributed by atoms with van der Waals surface area (Å²) < 4.78 is 12.7. The number of urea groups is 1. The molecular formula is C42H35N3O6. The average Bonchev–Trinajstić information content (AvgIpc) is 3.33. The lowest BCUT2D eigenvalue weighted by molar-refractivity contribution is 0.0223. The molecule has 254 valence electrons. The van der Waals surface area contributed by atoms with Crippen molar-refractivity contribution in [3.8, 4) is 23.0 Å². The van der Waals surface area contributed by atoms with Gasteiger partial charge in [0.15, 0.2) is 5.60 Å². The molecule has 1 spiro atoms. The van der Waals surface area contributed by atoms with Gasteiger partial charge in [0.25, 0.3) is 0 Å². The second-order valence-electron chi connectivity index (χ2n) is 13.5. The Morgan fingerprint density at radius 2 is 1.47 bits per heavy atom. The van der Waals surface area contributed by atoms with Crippen LogP contribution in [-0.2, 0) is 16.9 Å². The molecule has 1 unspecified atom stereocenters. The number of piperidine rings is 1. The molecule has 1 atom stereocenters. The van der Waals surface area contributed by atoms with Crippen molar-refractivity contribution in [2.45, 2.75) is 25.0 Å². The molecule has 0 bridgehead atoms. The molecule has 9 nitrogen and oxygen atoms in total. The summed E-state index contributed by atoms with van der Waals surface area (Å²) in [6, 6.07) is 31.2. The molecule has 0 saturated carbocycles. The monoisotopic (exact) mass is 677 g/mol. The van der Waals surface area contributed by atoms with Gasteiger partial charge in [-0.2, -0.15) is 0 Å².